The summed E-state index contributed by atoms with van der Waals surface area (Å²) in [6.07, 6.45) is -0.333. The van der Waals surface area contributed by atoms with E-state index in [1.54, 1.807) is 24.3 Å². The summed E-state index contributed by atoms with van der Waals surface area (Å²) in [5.74, 6) is 0.867. The average Bonchev–Trinajstić information content (AvgIpc) is 2.93. The number of nitrogens with zero attached hydrogens (tertiary/aromatic N) is 1. The number of carbonyl (C=O) groups excluding carboxylic acids is 1. The van der Waals surface area contributed by atoms with Crippen molar-refractivity contribution in [3.63, 3.8) is 0 Å². The lowest BCUT2D eigenvalue weighted by Crippen LogP contribution is -2.26. The minimum atomic E-state index is -4.72. The maximum absolute atomic E-state index is 13.1. The molecular formula is C17H16FNO4S. The minimum Gasteiger partial charge on any atom is -0.457 e. The zero-order valence-electron chi connectivity index (χ0n) is 13.0. The van der Waals surface area contributed by atoms with E-state index in [9.17, 15) is 17.1 Å². The fourth-order valence-corrected chi connectivity index (χ4v) is 3.22. The van der Waals surface area contributed by atoms with Gasteiger partial charge < -0.3 is 9.64 Å². The molecule has 1 atom stereocenters. The van der Waals surface area contributed by atoms with E-state index in [0.717, 1.165) is 5.56 Å². The van der Waals surface area contributed by atoms with E-state index >= 15 is 0 Å². The molecule has 1 heterocycles. The standard InChI is InChI=1S/C17H16FNO4S/c1-12-2-6-14(7-3-12)23-15-8-4-13(5-9-15)19-11-16(10-17(19)20)24(18,21)22/h2-9,16H,10-11H2,1H3. The van der Waals surface area contributed by atoms with Crippen LogP contribution in [0.5, 0.6) is 11.5 Å². The summed E-state index contributed by atoms with van der Waals surface area (Å²) >= 11 is 0. The lowest BCUT2D eigenvalue weighted by molar-refractivity contribution is -0.117. The van der Waals surface area contributed by atoms with Crippen LogP contribution >= 0.6 is 0 Å². The highest BCUT2D eigenvalue weighted by Crippen LogP contribution is 2.29. The fraction of sp³-hybridized carbons (Fsp3) is 0.235. The molecule has 0 aliphatic carbocycles. The van der Waals surface area contributed by atoms with Gasteiger partial charge in [0, 0.05) is 18.7 Å². The van der Waals surface area contributed by atoms with Gasteiger partial charge in [-0.2, -0.15) is 8.42 Å². The van der Waals surface area contributed by atoms with E-state index in [0.29, 0.717) is 17.2 Å². The van der Waals surface area contributed by atoms with E-state index in [4.69, 9.17) is 4.74 Å². The molecule has 0 spiro atoms. The van der Waals surface area contributed by atoms with E-state index in [1.165, 1.54) is 4.90 Å². The van der Waals surface area contributed by atoms with Gasteiger partial charge in [-0.1, -0.05) is 17.7 Å². The van der Waals surface area contributed by atoms with Crippen LogP contribution in [-0.2, 0) is 15.0 Å². The van der Waals surface area contributed by atoms with Crippen molar-refractivity contribution in [2.75, 3.05) is 11.4 Å². The van der Waals surface area contributed by atoms with Crippen molar-refractivity contribution in [3.05, 3.63) is 54.1 Å². The van der Waals surface area contributed by atoms with Gasteiger partial charge in [-0.25, -0.2) is 0 Å². The van der Waals surface area contributed by atoms with Crippen LogP contribution in [0.3, 0.4) is 0 Å². The third-order valence-corrected chi connectivity index (χ3v) is 5.00. The molecule has 0 aromatic heterocycles. The largest absolute Gasteiger partial charge is 0.457 e. The van der Waals surface area contributed by atoms with E-state index in [1.807, 2.05) is 31.2 Å². The number of ether oxygens (including phenoxy) is 1. The van der Waals surface area contributed by atoms with E-state index in [2.05, 4.69) is 0 Å². The molecule has 1 fully saturated rings. The van der Waals surface area contributed by atoms with Crippen LogP contribution in [0.2, 0.25) is 0 Å². The zero-order valence-corrected chi connectivity index (χ0v) is 13.8. The molecule has 1 unspecified atom stereocenters. The van der Waals surface area contributed by atoms with Gasteiger partial charge in [0.15, 0.2) is 0 Å². The molecule has 7 heteroatoms. The first-order valence-corrected chi connectivity index (χ1v) is 8.86. The number of halogens is 1. The highest BCUT2D eigenvalue weighted by molar-refractivity contribution is 7.87. The highest BCUT2D eigenvalue weighted by atomic mass is 32.3. The second-order valence-corrected chi connectivity index (χ2v) is 7.33. The van der Waals surface area contributed by atoms with Crippen molar-refractivity contribution in [2.45, 2.75) is 18.6 Å². The number of hydrogen-bond donors (Lipinski definition) is 0. The Morgan fingerprint density at radius 2 is 1.58 bits per heavy atom. The highest BCUT2D eigenvalue weighted by Gasteiger charge is 2.39. The van der Waals surface area contributed by atoms with Crippen molar-refractivity contribution >= 4 is 21.8 Å². The number of aryl methyl sites for hydroxylation is 1. The van der Waals surface area contributed by atoms with Crippen LogP contribution in [0.4, 0.5) is 9.57 Å². The SMILES string of the molecule is Cc1ccc(Oc2ccc(N3CC(S(=O)(=O)F)CC3=O)cc2)cc1. The molecule has 1 saturated heterocycles. The average molecular weight is 349 g/mol. The number of hydrogen-bond acceptors (Lipinski definition) is 4. The molecule has 0 radical (unpaired) electrons. The molecule has 0 bridgehead atoms. The third kappa shape index (κ3) is 3.56. The van der Waals surface area contributed by atoms with Crippen LogP contribution in [0.15, 0.2) is 48.5 Å². The summed E-state index contributed by atoms with van der Waals surface area (Å²) in [5.41, 5.74) is 1.64. The Labute approximate surface area is 139 Å². The van der Waals surface area contributed by atoms with Gasteiger partial charge in [-0.3, -0.25) is 4.79 Å². The molecule has 0 N–H and O–H groups in total. The van der Waals surface area contributed by atoms with Crippen LogP contribution in [0.25, 0.3) is 0 Å². The Hall–Kier alpha value is -2.41. The molecule has 24 heavy (non-hydrogen) atoms. The van der Waals surface area contributed by atoms with Crippen LogP contribution in [0.1, 0.15) is 12.0 Å². The van der Waals surface area contributed by atoms with E-state index < -0.39 is 21.4 Å². The second kappa shape index (κ2) is 6.24. The molecule has 1 aliphatic heterocycles. The minimum absolute atomic E-state index is 0.171. The smallest absolute Gasteiger partial charge is 0.307 e. The molecular weight excluding hydrogens is 333 g/mol. The van der Waals surface area contributed by atoms with Crippen molar-refractivity contribution in [3.8, 4) is 11.5 Å². The van der Waals surface area contributed by atoms with Crippen LogP contribution in [0, 0.1) is 6.92 Å². The Kier molecular flexibility index (Phi) is 4.28. The Morgan fingerprint density at radius 3 is 2.08 bits per heavy atom. The normalized spacial score (nSPS) is 18.0. The number of rotatable bonds is 4. The van der Waals surface area contributed by atoms with Gasteiger partial charge in [-0.15, -0.1) is 3.89 Å². The predicted molar refractivity (Wildman–Crippen MR) is 88.5 cm³/mol. The summed E-state index contributed by atoms with van der Waals surface area (Å²) < 4.78 is 40.7. The molecule has 2 aromatic rings. The van der Waals surface area contributed by atoms with Crippen molar-refractivity contribution < 1.29 is 21.8 Å². The predicted octanol–water partition coefficient (Wildman–Crippen LogP) is 3.19. The van der Waals surface area contributed by atoms with E-state index in [-0.39, 0.29) is 13.0 Å². The molecule has 3 rings (SSSR count). The molecule has 2 aromatic carbocycles. The van der Waals surface area contributed by atoms with Gasteiger partial charge in [0.2, 0.25) is 5.91 Å². The topological polar surface area (TPSA) is 63.7 Å². The summed E-state index contributed by atoms with van der Waals surface area (Å²) in [5, 5.41) is -1.30. The monoisotopic (exact) mass is 349 g/mol. The van der Waals surface area contributed by atoms with Gasteiger partial charge in [0.25, 0.3) is 0 Å². The van der Waals surface area contributed by atoms with Gasteiger partial charge in [-0.05, 0) is 43.3 Å². The fourth-order valence-electron chi connectivity index (χ4n) is 2.55. The molecule has 5 nitrogen and oxygen atoms in total. The molecule has 1 aliphatic rings. The van der Waals surface area contributed by atoms with Crippen molar-refractivity contribution in [2.24, 2.45) is 0 Å². The number of carbonyl (C=O) groups is 1. The quantitative estimate of drug-likeness (QED) is 0.795. The van der Waals surface area contributed by atoms with Gasteiger partial charge in [0.05, 0.1) is 0 Å². The third-order valence-electron chi connectivity index (χ3n) is 3.89. The maximum Gasteiger partial charge on any atom is 0.307 e. The number of benzene rings is 2. The first-order valence-electron chi connectivity index (χ1n) is 7.41. The summed E-state index contributed by atoms with van der Waals surface area (Å²) in [6, 6.07) is 14.2. The molecule has 0 saturated carbocycles. The maximum atomic E-state index is 13.1. The lowest BCUT2D eigenvalue weighted by atomic mass is 10.2. The molecule has 1 amide bonds. The summed E-state index contributed by atoms with van der Waals surface area (Å²) in [7, 11) is -4.72. The first kappa shape index (κ1) is 16.4. The second-order valence-electron chi connectivity index (χ2n) is 5.72. The van der Waals surface area contributed by atoms with Crippen LogP contribution < -0.4 is 9.64 Å². The molecule has 126 valence electrons. The lowest BCUT2D eigenvalue weighted by Gasteiger charge is -2.16. The van der Waals surface area contributed by atoms with Crippen molar-refractivity contribution in [1.29, 1.82) is 0 Å². The summed E-state index contributed by atoms with van der Waals surface area (Å²) in [4.78, 5) is 13.2. The van der Waals surface area contributed by atoms with Crippen LogP contribution in [-0.4, -0.2) is 26.1 Å². The first-order chi connectivity index (χ1) is 11.3. The summed E-state index contributed by atoms with van der Waals surface area (Å²) in [6.45, 7) is 1.81. The number of amides is 1. The van der Waals surface area contributed by atoms with Crippen molar-refractivity contribution in [1.82, 2.24) is 0 Å². The Bertz CT molecular complexity index is 847. The van der Waals surface area contributed by atoms with Gasteiger partial charge >= 0.3 is 10.2 Å². The zero-order chi connectivity index (χ0) is 17.3. The Morgan fingerprint density at radius 1 is 1.04 bits per heavy atom. The van der Waals surface area contributed by atoms with Gasteiger partial charge in [0.1, 0.15) is 16.7 Å². The number of anilines is 1. The Balaban J connectivity index is 1.73.